The van der Waals surface area contributed by atoms with E-state index in [1.54, 1.807) is 6.07 Å². The van der Waals surface area contributed by atoms with Crippen LogP contribution in [0.15, 0.2) is 18.2 Å². The SMILES string of the molecule is CCC(CC)n1c(CC2CCCO2)nc2cc(C(=O)NC(CC3CCCCC3)C(=O)O)ccc21. The Morgan fingerprint density at radius 1 is 1.15 bits per heavy atom. The largest absolute Gasteiger partial charge is 0.480 e. The Hall–Kier alpha value is -2.41. The average molecular weight is 470 g/mol. The topological polar surface area (TPSA) is 93.5 Å². The number of amides is 1. The van der Waals surface area contributed by atoms with E-state index in [9.17, 15) is 14.7 Å². The van der Waals surface area contributed by atoms with Gasteiger partial charge in [-0.1, -0.05) is 46.0 Å². The molecular weight excluding hydrogens is 430 g/mol. The lowest BCUT2D eigenvalue weighted by Crippen LogP contribution is -2.42. The third kappa shape index (κ3) is 5.62. The Labute approximate surface area is 202 Å². The molecule has 34 heavy (non-hydrogen) atoms. The zero-order chi connectivity index (χ0) is 24.1. The third-order valence-corrected chi connectivity index (χ3v) is 7.66. The summed E-state index contributed by atoms with van der Waals surface area (Å²) in [5.74, 6) is 0.0716. The number of rotatable bonds is 10. The molecule has 7 heteroatoms. The number of hydrogen-bond donors (Lipinski definition) is 2. The second-order valence-electron chi connectivity index (χ2n) is 10.0. The molecule has 186 valence electrons. The minimum Gasteiger partial charge on any atom is -0.480 e. The van der Waals surface area contributed by atoms with Gasteiger partial charge in [-0.05, 0) is 56.2 Å². The van der Waals surface area contributed by atoms with E-state index in [2.05, 4.69) is 23.7 Å². The van der Waals surface area contributed by atoms with Crippen LogP contribution in [0.25, 0.3) is 11.0 Å². The molecule has 4 rings (SSSR count). The number of hydrogen-bond acceptors (Lipinski definition) is 4. The lowest BCUT2D eigenvalue weighted by molar-refractivity contribution is -0.139. The van der Waals surface area contributed by atoms with Crippen LogP contribution in [0.3, 0.4) is 0 Å². The quantitative estimate of drug-likeness (QED) is 0.494. The first-order valence-electron chi connectivity index (χ1n) is 13.2. The normalized spacial score (nSPS) is 20.1. The average Bonchev–Trinajstić information content (AvgIpc) is 3.48. The zero-order valence-electron chi connectivity index (χ0n) is 20.6. The zero-order valence-corrected chi connectivity index (χ0v) is 20.6. The van der Waals surface area contributed by atoms with E-state index < -0.39 is 12.0 Å². The van der Waals surface area contributed by atoms with Crippen molar-refractivity contribution in [1.29, 1.82) is 0 Å². The number of aromatic nitrogens is 2. The maximum absolute atomic E-state index is 13.0. The Kier molecular flexibility index (Phi) is 8.24. The van der Waals surface area contributed by atoms with Crippen LogP contribution >= 0.6 is 0 Å². The number of carbonyl (C=O) groups excluding carboxylic acids is 1. The van der Waals surface area contributed by atoms with Crippen molar-refractivity contribution in [2.24, 2.45) is 5.92 Å². The van der Waals surface area contributed by atoms with E-state index in [1.807, 2.05) is 12.1 Å². The smallest absolute Gasteiger partial charge is 0.326 e. The molecule has 0 bridgehead atoms. The highest BCUT2D eigenvalue weighted by molar-refractivity contribution is 5.99. The first-order chi connectivity index (χ1) is 16.5. The van der Waals surface area contributed by atoms with Crippen LogP contribution in [0.4, 0.5) is 0 Å². The number of carbonyl (C=O) groups is 2. The summed E-state index contributed by atoms with van der Waals surface area (Å²) in [5, 5.41) is 12.5. The monoisotopic (exact) mass is 469 g/mol. The van der Waals surface area contributed by atoms with Gasteiger partial charge >= 0.3 is 5.97 Å². The van der Waals surface area contributed by atoms with Crippen molar-refractivity contribution in [3.8, 4) is 0 Å². The van der Waals surface area contributed by atoms with E-state index in [-0.39, 0.29) is 12.0 Å². The number of ether oxygens (including phenoxy) is 1. The lowest BCUT2D eigenvalue weighted by Gasteiger charge is -2.25. The highest BCUT2D eigenvalue weighted by Crippen LogP contribution is 2.30. The van der Waals surface area contributed by atoms with Crippen molar-refractivity contribution in [3.05, 3.63) is 29.6 Å². The molecule has 0 radical (unpaired) electrons. The van der Waals surface area contributed by atoms with E-state index in [0.717, 1.165) is 81.3 Å². The van der Waals surface area contributed by atoms with Gasteiger partial charge in [0.25, 0.3) is 5.91 Å². The number of nitrogens with one attached hydrogen (secondary N) is 1. The molecule has 2 aliphatic rings. The van der Waals surface area contributed by atoms with Crippen molar-refractivity contribution < 1.29 is 19.4 Å². The summed E-state index contributed by atoms with van der Waals surface area (Å²) >= 11 is 0. The molecule has 2 fully saturated rings. The Bertz CT molecular complexity index is 985. The van der Waals surface area contributed by atoms with Gasteiger partial charge in [-0.15, -0.1) is 0 Å². The Morgan fingerprint density at radius 3 is 2.56 bits per heavy atom. The van der Waals surface area contributed by atoms with Crippen LogP contribution in [0.1, 0.15) is 100 Å². The summed E-state index contributed by atoms with van der Waals surface area (Å²) in [4.78, 5) is 29.8. The van der Waals surface area contributed by atoms with Gasteiger partial charge in [-0.3, -0.25) is 4.79 Å². The molecule has 2 heterocycles. The molecule has 1 aliphatic carbocycles. The molecule has 2 unspecified atom stereocenters. The summed E-state index contributed by atoms with van der Waals surface area (Å²) in [6, 6.07) is 5.05. The molecule has 2 N–H and O–H groups in total. The fraction of sp³-hybridized carbons (Fsp3) is 0.667. The molecule has 1 aromatic heterocycles. The molecular formula is C27H39N3O4. The maximum atomic E-state index is 13.0. The molecule has 1 aliphatic heterocycles. The Morgan fingerprint density at radius 2 is 1.91 bits per heavy atom. The number of carboxylic acids is 1. The molecule has 7 nitrogen and oxygen atoms in total. The van der Waals surface area contributed by atoms with Crippen LogP contribution in [0.5, 0.6) is 0 Å². The Balaban J connectivity index is 1.56. The van der Waals surface area contributed by atoms with Crippen LogP contribution in [-0.2, 0) is 16.0 Å². The maximum Gasteiger partial charge on any atom is 0.326 e. The fourth-order valence-electron chi connectivity index (χ4n) is 5.72. The molecule has 1 saturated carbocycles. The standard InChI is InChI=1S/C27H39N3O4/c1-3-20(4-2)30-24-13-12-19(16-22(24)28-25(30)17-21-11-8-14-34-21)26(31)29-23(27(32)33)15-18-9-6-5-7-10-18/h12-13,16,18,20-21,23H,3-11,14-15,17H2,1-2H3,(H,29,31)(H,32,33). The van der Waals surface area contributed by atoms with E-state index in [0.29, 0.717) is 23.9 Å². The molecule has 1 amide bonds. The minimum absolute atomic E-state index is 0.198. The summed E-state index contributed by atoms with van der Waals surface area (Å²) < 4.78 is 8.19. The number of benzene rings is 1. The molecule has 0 spiro atoms. The van der Waals surface area contributed by atoms with Crippen molar-refractivity contribution in [2.75, 3.05) is 6.61 Å². The van der Waals surface area contributed by atoms with E-state index >= 15 is 0 Å². The van der Waals surface area contributed by atoms with Crippen LogP contribution in [0.2, 0.25) is 0 Å². The van der Waals surface area contributed by atoms with Crippen LogP contribution in [0, 0.1) is 5.92 Å². The predicted molar refractivity (Wildman–Crippen MR) is 132 cm³/mol. The predicted octanol–water partition coefficient (Wildman–Crippen LogP) is 5.27. The fourth-order valence-corrected chi connectivity index (χ4v) is 5.72. The van der Waals surface area contributed by atoms with Gasteiger partial charge in [-0.2, -0.15) is 0 Å². The molecule has 2 atom stereocenters. The highest BCUT2D eigenvalue weighted by Gasteiger charge is 2.27. The first-order valence-corrected chi connectivity index (χ1v) is 13.2. The van der Waals surface area contributed by atoms with E-state index in [4.69, 9.17) is 9.72 Å². The highest BCUT2D eigenvalue weighted by atomic mass is 16.5. The van der Waals surface area contributed by atoms with Crippen molar-refractivity contribution in [3.63, 3.8) is 0 Å². The van der Waals surface area contributed by atoms with Crippen LogP contribution in [-0.4, -0.2) is 45.3 Å². The second kappa shape index (κ2) is 11.3. The van der Waals surface area contributed by atoms with Gasteiger partial charge in [0.2, 0.25) is 0 Å². The first kappa shape index (κ1) is 24.7. The van der Waals surface area contributed by atoms with Gasteiger partial charge in [0.1, 0.15) is 11.9 Å². The number of nitrogens with zero attached hydrogens (tertiary/aromatic N) is 2. The van der Waals surface area contributed by atoms with Gasteiger partial charge in [-0.25, -0.2) is 9.78 Å². The van der Waals surface area contributed by atoms with E-state index in [1.165, 1.54) is 6.42 Å². The van der Waals surface area contributed by atoms with Crippen molar-refractivity contribution in [1.82, 2.24) is 14.9 Å². The summed E-state index contributed by atoms with van der Waals surface area (Å²) in [7, 11) is 0. The van der Waals surface area contributed by atoms with Gasteiger partial charge in [0, 0.05) is 24.6 Å². The minimum atomic E-state index is -0.961. The molecule has 2 aromatic rings. The van der Waals surface area contributed by atoms with Crippen LogP contribution < -0.4 is 5.32 Å². The number of fused-ring (bicyclic) bond motifs is 1. The van der Waals surface area contributed by atoms with Gasteiger partial charge in [0.05, 0.1) is 17.1 Å². The van der Waals surface area contributed by atoms with Gasteiger partial charge in [0.15, 0.2) is 0 Å². The third-order valence-electron chi connectivity index (χ3n) is 7.66. The molecule has 1 saturated heterocycles. The number of carboxylic acid groups (broad SMARTS) is 1. The van der Waals surface area contributed by atoms with Gasteiger partial charge < -0.3 is 19.7 Å². The number of imidazole rings is 1. The lowest BCUT2D eigenvalue weighted by atomic mass is 9.85. The summed E-state index contributed by atoms with van der Waals surface area (Å²) in [5.41, 5.74) is 2.27. The van der Waals surface area contributed by atoms with Crippen molar-refractivity contribution in [2.45, 2.75) is 103 Å². The molecule has 1 aromatic carbocycles. The second-order valence-corrected chi connectivity index (χ2v) is 10.0. The number of aliphatic carboxylic acids is 1. The van der Waals surface area contributed by atoms with Crippen molar-refractivity contribution >= 4 is 22.9 Å². The summed E-state index contributed by atoms with van der Waals surface area (Å²) in [6.07, 6.45) is 11.2. The summed E-state index contributed by atoms with van der Waals surface area (Å²) in [6.45, 7) is 5.19.